The molecule has 0 aliphatic carbocycles. The lowest BCUT2D eigenvalue weighted by molar-refractivity contribution is -0.680. The molecule has 0 bridgehead atoms. The zero-order valence-electron chi connectivity index (χ0n) is 10.7. The quantitative estimate of drug-likeness (QED) is 0.538. The van der Waals surface area contributed by atoms with E-state index in [9.17, 15) is 9.90 Å². The van der Waals surface area contributed by atoms with E-state index in [2.05, 4.69) is 25.7 Å². The first-order valence-corrected chi connectivity index (χ1v) is 6.91. The van der Waals surface area contributed by atoms with E-state index in [0.717, 1.165) is 0 Å². The number of carbonyl (C=O) groups is 1. The Hall–Kier alpha value is -2.47. The van der Waals surface area contributed by atoms with Crippen LogP contribution in [0.4, 0.5) is 0 Å². The van der Waals surface area contributed by atoms with Gasteiger partial charge in [0.25, 0.3) is 5.69 Å². The van der Waals surface area contributed by atoms with Crippen LogP contribution in [0.1, 0.15) is 15.9 Å². The van der Waals surface area contributed by atoms with Gasteiger partial charge in [0.05, 0.1) is 10.8 Å². The summed E-state index contributed by atoms with van der Waals surface area (Å²) in [7, 11) is 0. The molecule has 0 aliphatic heterocycles. The summed E-state index contributed by atoms with van der Waals surface area (Å²) in [5, 5.41) is 15.0. The molecule has 21 heavy (non-hydrogen) atoms. The van der Waals surface area contributed by atoms with Gasteiger partial charge in [-0.2, -0.15) is 0 Å². The van der Waals surface area contributed by atoms with E-state index in [1.165, 1.54) is 4.68 Å². The maximum atomic E-state index is 12.6. The van der Waals surface area contributed by atoms with Crippen LogP contribution in [-0.2, 0) is 0 Å². The summed E-state index contributed by atoms with van der Waals surface area (Å²) in [5.74, 6) is -0.752. The number of ketones is 1. The number of rotatable bonds is 3. The predicted molar refractivity (Wildman–Crippen MR) is 75.1 cm³/mol. The summed E-state index contributed by atoms with van der Waals surface area (Å²) in [6.07, 6.45) is 0. The van der Waals surface area contributed by atoms with Crippen molar-refractivity contribution in [1.29, 1.82) is 0 Å². The molecule has 0 amide bonds. The lowest BCUT2D eigenvalue weighted by Gasteiger charge is -2.02. The average Bonchev–Trinajstić information content (AvgIpc) is 2.87. The predicted octanol–water partition coefficient (Wildman–Crippen LogP) is 2.02. The number of para-hydroxylation sites is 1. The summed E-state index contributed by atoms with van der Waals surface area (Å²) >= 11 is 3.11. The van der Waals surface area contributed by atoms with Crippen LogP contribution < -0.4 is 9.79 Å². The molecule has 0 saturated heterocycles. The van der Waals surface area contributed by atoms with Crippen molar-refractivity contribution in [3.63, 3.8) is 0 Å². The van der Waals surface area contributed by atoms with Crippen LogP contribution in [0.25, 0.3) is 5.69 Å². The van der Waals surface area contributed by atoms with Crippen molar-refractivity contribution in [2.75, 3.05) is 0 Å². The Balaban J connectivity index is 2.13. The molecule has 3 rings (SSSR count). The van der Waals surface area contributed by atoms with Gasteiger partial charge >= 0.3 is 4.60 Å². The van der Waals surface area contributed by atoms with E-state index >= 15 is 0 Å². The van der Waals surface area contributed by atoms with Crippen LogP contribution in [0.2, 0.25) is 0 Å². The van der Waals surface area contributed by atoms with E-state index in [0.29, 0.717) is 16.8 Å². The minimum atomic E-state index is -0.600. The van der Waals surface area contributed by atoms with Crippen LogP contribution in [0, 0.1) is 0 Å². The highest BCUT2D eigenvalue weighted by atomic mass is 79.9. The molecule has 0 aliphatic rings. The van der Waals surface area contributed by atoms with Crippen molar-refractivity contribution in [3.8, 4) is 11.6 Å². The van der Waals surface area contributed by atoms with Gasteiger partial charge in [-0.25, -0.2) is 0 Å². The molecule has 0 saturated carbocycles. The molecular formula is C15H9BrN2O3. The van der Waals surface area contributed by atoms with Crippen molar-refractivity contribution < 1.29 is 19.1 Å². The van der Waals surface area contributed by atoms with E-state index < -0.39 is 5.95 Å². The Morgan fingerprint density at radius 3 is 2.43 bits per heavy atom. The highest BCUT2D eigenvalue weighted by Gasteiger charge is 2.25. The maximum Gasteiger partial charge on any atom is 0.305 e. The lowest BCUT2D eigenvalue weighted by Crippen LogP contribution is -2.35. The molecule has 0 unspecified atom stereocenters. The first kappa shape index (κ1) is 13.5. The van der Waals surface area contributed by atoms with Gasteiger partial charge in [0, 0.05) is 27.6 Å². The zero-order valence-corrected chi connectivity index (χ0v) is 12.3. The topological polar surface area (TPSA) is 70.0 Å². The van der Waals surface area contributed by atoms with Crippen LogP contribution >= 0.6 is 15.9 Å². The van der Waals surface area contributed by atoms with Gasteiger partial charge in [-0.1, -0.05) is 42.5 Å². The number of hydrogen-bond acceptors (Lipinski definition) is 4. The fraction of sp³-hybridized carbons (Fsp3) is 0. The minimum Gasteiger partial charge on any atom is -0.538 e. The van der Waals surface area contributed by atoms with Crippen molar-refractivity contribution >= 4 is 21.7 Å². The van der Waals surface area contributed by atoms with Crippen molar-refractivity contribution in [3.05, 3.63) is 70.3 Å². The number of hydrogen-bond donors (Lipinski definition) is 0. The monoisotopic (exact) mass is 344 g/mol. The average molecular weight is 345 g/mol. The van der Waals surface area contributed by atoms with Crippen LogP contribution in [0.15, 0.2) is 63.7 Å². The SMILES string of the molecule is O=C(c1ccccc1)c1ccccc1-[n+]1noc([O-])c1Br. The Morgan fingerprint density at radius 1 is 1.10 bits per heavy atom. The van der Waals surface area contributed by atoms with E-state index in [1.807, 2.05) is 6.07 Å². The van der Waals surface area contributed by atoms with Gasteiger partial charge < -0.3 is 9.63 Å². The molecule has 1 aromatic heterocycles. The molecule has 104 valence electrons. The molecule has 0 fully saturated rings. The third kappa shape index (κ3) is 2.45. The Morgan fingerprint density at radius 2 is 1.76 bits per heavy atom. The standard InChI is InChI=1S/C15H9BrN2O3/c16-14-15(20)21-17-18(14)12-9-5-4-8-11(12)13(19)10-6-2-1-3-7-10/h1-9H. The second-order valence-electron chi connectivity index (χ2n) is 4.28. The van der Waals surface area contributed by atoms with Gasteiger partial charge in [0.1, 0.15) is 0 Å². The highest BCUT2D eigenvalue weighted by molar-refractivity contribution is 9.10. The third-order valence-corrected chi connectivity index (χ3v) is 3.63. The summed E-state index contributed by atoms with van der Waals surface area (Å²) in [6.45, 7) is 0. The van der Waals surface area contributed by atoms with Crippen LogP contribution in [0.5, 0.6) is 5.95 Å². The Bertz CT molecular complexity index is 800. The van der Waals surface area contributed by atoms with Gasteiger partial charge in [0.2, 0.25) is 0 Å². The summed E-state index contributed by atoms with van der Waals surface area (Å²) in [4.78, 5) is 12.6. The molecular weight excluding hydrogens is 336 g/mol. The Kier molecular flexibility index (Phi) is 3.53. The second kappa shape index (κ2) is 5.49. The van der Waals surface area contributed by atoms with E-state index in [-0.39, 0.29) is 10.4 Å². The Labute approximate surface area is 128 Å². The molecule has 6 heteroatoms. The normalized spacial score (nSPS) is 10.5. The molecule has 5 nitrogen and oxygen atoms in total. The number of aromatic nitrogens is 2. The van der Waals surface area contributed by atoms with Crippen molar-refractivity contribution in [2.24, 2.45) is 0 Å². The second-order valence-corrected chi connectivity index (χ2v) is 5.03. The molecule has 0 atom stereocenters. The van der Waals surface area contributed by atoms with E-state index in [1.54, 1.807) is 48.5 Å². The number of halogens is 1. The van der Waals surface area contributed by atoms with Gasteiger partial charge in [-0.15, -0.1) is 0 Å². The van der Waals surface area contributed by atoms with Crippen LogP contribution in [-0.4, -0.2) is 11.1 Å². The molecule has 0 N–H and O–H groups in total. The van der Waals surface area contributed by atoms with Crippen molar-refractivity contribution in [2.45, 2.75) is 0 Å². The molecule has 2 aromatic carbocycles. The summed E-state index contributed by atoms with van der Waals surface area (Å²) in [6, 6.07) is 15.8. The first-order chi connectivity index (χ1) is 10.2. The van der Waals surface area contributed by atoms with Crippen LogP contribution in [0.3, 0.4) is 0 Å². The van der Waals surface area contributed by atoms with Gasteiger partial charge in [-0.3, -0.25) is 4.79 Å². The lowest BCUT2D eigenvalue weighted by atomic mass is 10.0. The van der Waals surface area contributed by atoms with Gasteiger partial charge in [-0.05, 0) is 10.7 Å². The smallest absolute Gasteiger partial charge is 0.305 e. The zero-order chi connectivity index (χ0) is 14.8. The fourth-order valence-corrected chi connectivity index (χ4v) is 2.31. The maximum absolute atomic E-state index is 12.6. The van der Waals surface area contributed by atoms with Gasteiger partial charge in [0.15, 0.2) is 11.7 Å². The largest absolute Gasteiger partial charge is 0.538 e. The molecule has 3 aromatic rings. The van der Waals surface area contributed by atoms with Crippen molar-refractivity contribution in [1.82, 2.24) is 5.27 Å². The number of benzene rings is 2. The summed E-state index contributed by atoms with van der Waals surface area (Å²) < 4.78 is 5.99. The molecule has 0 radical (unpaired) electrons. The summed E-state index contributed by atoms with van der Waals surface area (Å²) in [5.41, 5.74) is 1.47. The number of carbonyl (C=O) groups excluding carboxylic acids is 1. The first-order valence-electron chi connectivity index (χ1n) is 6.12. The van der Waals surface area contributed by atoms with E-state index in [4.69, 9.17) is 0 Å². The molecule has 0 spiro atoms. The molecule has 1 heterocycles. The fourth-order valence-electron chi connectivity index (χ4n) is 1.98. The minimum absolute atomic E-state index is 0.135. The third-order valence-electron chi connectivity index (χ3n) is 2.97. The number of nitrogens with zero attached hydrogens (tertiary/aromatic N) is 2. The highest BCUT2D eigenvalue weighted by Crippen LogP contribution is 2.20.